The molecule has 1 saturated heterocycles. The maximum Gasteiger partial charge on any atom is 0.311 e. The third kappa shape index (κ3) is 2.82. The molecule has 0 saturated carbocycles. The first-order valence-electron chi connectivity index (χ1n) is 6.17. The van der Waals surface area contributed by atoms with E-state index in [2.05, 4.69) is 0 Å². The molecule has 1 aromatic rings. The van der Waals surface area contributed by atoms with Crippen LogP contribution in [0.2, 0.25) is 0 Å². The van der Waals surface area contributed by atoms with Gasteiger partial charge in [0, 0.05) is 13.2 Å². The molecule has 98 valence electrons. The predicted octanol–water partition coefficient (Wildman–Crippen LogP) is 2.29. The second-order valence-corrected chi connectivity index (χ2v) is 4.54. The third-order valence-corrected chi connectivity index (χ3v) is 3.46. The van der Waals surface area contributed by atoms with Crippen LogP contribution >= 0.6 is 0 Å². The van der Waals surface area contributed by atoms with Gasteiger partial charge in [0.25, 0.3) is 0 Å². The number of carboxylic acid groups (broad SMARTS) is 1. The molecule has 0 aromatic heterocycles. The van der Waals surface area contributed by atoms with Crippen molar-refractivity contribution in [3.05, 3.63) is 29.8 Å². The van der Waals surface area contributed by atoms with Gasteiger partial charge in [-0.2, -0.15) is 0 Å². The molecule has 1 aliphatic rings. The molecule has 1 fully saturated rings. The summed E-state index contributed by atoms with van der Waals surface area (Å²) in [5, 5.41) is 9.46. The Morgan fingerprint density at radius 2 is 2.17 bits per heavy atom. The Morgan fingerprint density at radius 3 is 2.78 bits per heavy atom. The van der Waals surface area contributed by atoms with Crippen molar-refractivity contribution in [1.29, 1.82) is 0 Å². The molecule has 1 aromatic carbocycles. The fourth-order valence-electron chi connectivity index (χ4n) is 2.50. The third-order valence-electron chi connectivity index (χ3n) is 3.46. The van der Waals surface area contributed by atoms with Crippen molar-refractivity contribution in [1.82, 2.24) is 0 Å². The van der Waals surface area contributed by atoms with Crippen LogP contribution in [0.4, 0.5) is 0 Å². The van der Waals surface area contributed by atoms with Crippen LogP contribution in [0.15, 0.2) is 24.3 Å². The lowest BCUT2D eigenvalue weighted by molar-refractivity contribution is -0.141. The lowest BCUT2D eigenvalue weighted by Gasteiger charge is -2.28. The van der Waals surface area contributed by atoms with Crippen molar-refractivity contribution in [3.63, 3.8) is 0 Å². The summed E-state index contributed by atoms with van der Waals surface area (Å²) in [5.74, 6) is -0.395. The van der Waals surface area contributed by atoms with Crippen LogP contribution in [-0.2, 0) is 9.53 Å². The van der Waals surface area contributed by atoms with Crippen molar-refractivity contribution in [2.24, 2.45) is 5.92 Å². The van der Waals surface area contributed by atoms with Gasteiger partial charge in [-0.3, -0.25) is 4.79 Å². The minimum atomic E-state index is -0.768. The lowest BCUT2D eigenvalue weighted by atomic mass is 9.81. The first-order valence-corrected chi connectivity index (χ1v) is 6.17. The standard InChI is InChI=1S/C14H18O4/c1-17-12-4-2-3-11(9-12)13(14(15)16)10-5-7-18-8-6-10/h2-4,9-10,13H,5-8H2,1H3,(H,15,16). The zero-order chi connectivity index (χ0) is 13.0. The molecule has 0 radical (unpaired) electrons. The van der Waals surface area contributed by atoms with Gasteiger partial charge in [-0.1, -0.05) is 12.1 Å². The summed E-state index contributed by atoms with van der Waals surface area (Å²) in [7, 11) is 1.59. The van der Waals surface area contributed by atoms with Gasteiger partial charge in [-0.25, -0.2) is 0 Å². The maximum absolute atomic E-state index is 11.5. The van der Waals surface area contributed by atoms with E-state index in [4.69, 9.17) is 9.47 Å². The Morgan fingerprint density at radius 1 is 1.44 bits per heavy atom. The van der Waals surface area contributed by atoms with Crippen molar-refractivity contribution >= 4 is 5.97 Å². The van der Waals surface area contributed by atoms with E-state index in [1.54, 1.807) is 7.11 Å². The highest BCUT2D eigenvalue weighted by Crippen LogP contribution is 2.33. The van der Waals surface area contributed by atoms with E-state index in [-0.39, 0.29) is 5.92 Å². The number of carboxylic acids is 1. The lowest BCUT2D eigenvalue weighted by Crippen LogP contribution is -2.27. The Bertz CT molecular complexity index is 410. The van der Waals surface area contributed by atoms with Crippen LogP contribution in [-0.4, -0.2) is 31.4 Å². The molecule has 0 spiro atoms. The van der Waals surface area contributed by atoms with Crippen LogP contribution in [0.3, 0.4) is 0 Å². The molecule has 1 N–H and O–H groups in total. The van der Waals surface area contributed by atoms with Gasteiger partial charge in [-0.15, -0.1) is 0 Å². The highest BCUT2D eigenvalue weighted by atomic mass is 16.5. The normalized spacial score (nSPS) is 18.3. The zero-order valence-corrected chi connectivity index (χ0v) is 10.5. The maximum atomic E-state index is 11.5. The summed E-state index contributed by atoms with van der Waals surface area (Å²) >= 11 is 0. The monoisotopic (exact) mass is 250 g/mol. The van der Waals surface area contributed by atoms with Gasteiger partial charge < -0.3 is 14.6 Å². The van der Waals surface area contributed by atoms with Crippen LogP contribution in [0, 0.1) is 5.92 Å². The van der Waals surface area contributed by atoms with Crippen LogP contribution in [0.25, 0.3) is 0 Å². The summed E-state index contributed by atoms with van der Waals surface area (Å²) in [6.07, 6.45) is 1.60. The van der Waals surface area contributed by atoms with Crippen molar-refractivity contribution in [3.8, 4) is 5.75 Å². The number of hydrogen-bond acceptors (Lipinski definition) is 3. The average Bonchev–Trinajstić information content (AvgIpc) is 2.40. The molecule has 1 heterocycles. The summed E-state index contributed by atoms with van der Waals surface area (Å²) in [5.41, 5.74) is 0.814. The van der Waals surface area contributed by atoms with Crippen molar-refractivity contribution in [2.45, 2.75) is 18.8 Å². The highest BCUT2D eigenvalue weighted by Gasteiger charge is 2.31. The van der Waals surface area contributed by atoms with E-state index in [1.807, 2.05) is 24.3 Å². The van der Waals surface area contributed by atoms with E-state index in [1.165, 1.54) is 0 Å². The summed E-state index contributed by atoms with van der Waals surface area (Å²) in [6.45, 7) is 1.30. The van der Waals surface area contributed by atoms with Gasteiger partial charge in [0.15, 0.2) is 0 Å². The Labute approximate surface area is 107 Å². The van der Waals surface area contributed by atoms with E-state index >= 15 is 0 Å². The summed E-state index contributed by atoms with van der Waals surface area (Å²) in [4.78, 5) is 11.5. The first kappa shape index (κ1) is 12.9. The molecule has 0 aliphatic carbocycles. The highest BCUT2D eigenvalue weighted by molar-refractivity contribution is 5.76. The molecule has 1 aliphatic heterocycles. The number of aliphatic carboxylic acids is 1. The van der Waals surface area contributed by atoms with Gasteiger partial charge in [0.05, 0.1) is 13.0 Å². The SMILES string of the molecule is COc1cccc(C(C(=O)O)C2CCOCC2)c1. The van der Waals surface area contributed by atoms with Crippen LogP contribution in [0.5, 0.6) is 5.75 Å². The fourth-order valence-corrected chi connectivity index (χ4v) is 2.50. The summed E-state index contributed by atoms with van der Waals surface area (Å²) < 4.78 is 10.4. The minimum absolute atomic E-state index is 0.142. The van der Waals surface area contributed by atoms with E-state index in [0.29, 0.717) is 19.0 Å². The average molecular weight is 250 g/mol. The van der Waals surface area contributed by atoms with E-state index in [0.717, 1.165) is 18.4 Å². The van der Waals surface area contributed by atoms with E-state index in [9.17, 15) is 9.90 Å². The number of methoxy groups -OCH3 is 1. The molecule has 1 unspecified atom stereocenters. The molecule has 0 amide bonds. The molecule has 18 heavy (non-hydrogen) atoms. The number of hydrogen-bond donors (Lipinski definition) is 1. The molecular weight excluding hydrogens is 232 g/mol. The number of carbonyl (C=O) groups is 1. The molecular formula is C14H18O4. The molecule has 4 heteroatoms. The van der Waals surface area contributed by atoms with Crippen LogP contribution in [0.1, 0.15) is 24.3 Å². The molecule has 1 atom stereocenters. The zero-order valence-electron chi connectivity index (χ0n) is 10.5. The molecule has 2 rings (SSSR count). The first-order chi connectivity index (χ1) is 8.72. The van der Waals surface area contributed by atoms with Gasteiger partial charge in [0.2, 0.25) is 0 Å². The van der Waals surface area contributed by atoms with Gasteiger partial charge in [0.1, 0.15) is 5.75 Å². The fraction of sp³-hybridized carbons (Fsp3) is 0.500. The quantitative estimate of drug-likeness (QED) is 0.890. The predicted molar refractivity (Wildman–Crippen MR) is 66.9 cm³/mol. The van der Waals surface area contributed by atoms with E-state index < -0.39 is 11.9 Å². The molecule has 4 nitrogen and oxygen atoms in total. The minimum Gasteiger partial charge on any atom is -0.497 e. The van der Waals surface area contributed by atoms with Crippen molar-refractivity contribution < 1.29 is 19.4 Å². The van der Waals surface area contributed by atoms with Crippen LogP contribution < -0.4 is 4.74 Å². The Hall–Kier alpha value is -1.55. The second kappa shape index (κ2) is 5.87. The topological polar surface area (TPSA) is 55.8 Å². The Balaban J connectivity index is 2.25. The number of ether oxygens (including phenoxy) is 2. The smallest absolute Gasteiger partial charge is 0.311 e. The molecule has 0 bridgehead atoms. The number of benzene rings is 1. The number of rotatable bonds is 4. The van der Waals surface area contributed by atoms with Gasteiger partial charge in [-0.05, 0) is 36.5 Å². The van der Waals surface area contributed by atoms with Crippen molar-refractivity contribution in [2.75, 3.05) is 20.3 Å². The largest absolute Gasteiger partial charge is 0.497 e. The summed E-state index contributed by atoms with van der Waals surface area (Å²) in [6, 6.07) is 7.33. The van der Waals surface area contributed by atoms with Gasteiger partial charge >= 0.3 is 5.97 Å². The second-order valence-electron chi connectivity index (χ2n) is 4.54. The Kier molecular flexibility index (Phi) is 4.20.